The average Bonchev–Trinajstić information content (AvgIpc) is 2.98. The summed E-state index contributed by atoms with van der Waals surface area (Å²) in [6.07, 6.45) is 0. The Morgan fingerprint density at radius 2 is 1.85 bits per heavy atom. The third-order valence-electron chi connectivity index (χ3n) is 3.59. The van der Waals surface area contributed by atoms with Gasteiger partial charge in [-0.1, -0.05) is 35.9 Å². The Hall–Kier alpha value is -1.84. The molecule has 0 radical (unpaired) electrons. The van der Waals surface area contributed by atoms with Crippen molar-refractivity contribution in [3.05, 3.63) is 63.3 Å². The molecular weight excluding hydrogens is 290 g/mol. The number of halogens is 1. The van der Waals surface area contributed by atoms with Crippen LogP contribution in [0, 0.1) is 0 Å². The van der Waals surface area contributed by atoms with Crippen LogP contribution in [0.3, 0.4) is 0 Å². The summed E-state index contributed by atoms with van der Waals surface area (Å²) in [5, 5.41) is 2.17. The molecule has 0 N–H and O–H groups in total. The summed E-state index contributed by atoms with van der Waals surface area (Å²) in [5.41, 5.74) is 1.79. The van der Waals surface area contributed by atoms with Gasteiger partial charge in [-0.3, -0.25) is 4.79 Å². The first-order valence-electron chi connectivity index (χ1n) is 6.32. The number of benzene rings is 2. The molecule has 2 aromatic carbocycles. The van der Waals surface area contributed by atoms with Gasteiger partial charge in [0.15, 0.2) is 0 Å². The Kier molecular flexibility index (Phi) is 2.59. The lowest BCUT2D eigenvalue weighted by Gasteiger charge is -2.16. The van der Waals surface area contributed by atoms with Gasteiger partial charge in [-0.05, 0) is 29.7 Å². The fraction of sp³-hybridized carbons (Fsp3) is 0.0625. The quantitative estimate of drug-likeness (QED) is 0.671. The molecule has 0 spiro atoms. The van der Waals surface area contributed by atoms with Gasteiger partial charge in [-0.2, -0.15) is 0 Å². The minimum Gasteiger partial charge on any atom is -0.302 e. The fourth-order valence-electron chi connectivity index (χ4n) is 2.73. The lowest BCUT2D eigenvalue weighted by molar-refractivity contribution is 0.0991. The summed E-state index contributed by atoms with van der Waals surface area (Å²) in [6.45, 7) is 0.573. The van der Waals surface area contributed by atoms with Crippen LogP contribution in [0.25, 0.3) is 10.8 Å². The maximum Gasteiger partial charge on any atom is 0.259 e. The van der Waals surface area contributed by atoms with Crippen molar-refractivity contribution >= 4 is 45.3 Å². The third kappa shape index (κ3) is 1.67. The van der Waals surface area contributed by atoms with E-state index in [1.165, 1.54) is 11.3 Å². The molecule has 0 atom stereocenters. The molecule has 4 heteroatoms. The predicted molar refractivity (Wildman–Crippen MR) is 83.8 cm³/mol. The molecule has 1 aromatic heterocycles. The molecule has 1 aliphatic heterocycles. The van der Waals surface area contributed by atoms with Crippen LogP contribution in [0.15, 0.2) is 48.5 Å². The Morgan fingerprint density at radius 1 is 1.05 bits per heavy atom. The van der Waals surface area contributed by atoms with Crippen molar-refractivity contribution in [2.75, 3.05) is 4.90 Å². The van der Waals surface area contributed by atoms with Crippen LogP contribution < -0.4 is 4.90 Å². The zero-order valence-corrected chi connectivity index (χ0v) is 12.0. The maximum absolute atomic E-state index is 12.6. The Bertz CT molecular complexity index is 834. The zero-order chi connectivity index (χ0) is 13.7. The molecule has 4 rings (SSSR count). The summed E-state index contributed by atoms with van der Waals surface area (Å²) in [7, 11) is 0. The number of carbonyl (C=O) groups is 1. The molecule has 1 amide bonds. The number of amides is 1. The maximum atomic E-state index is 12.6. The first-order chi connectivity index (χ1) is 9.74. The van der Waals surface area contributed by atoms with Crippen LogP contribution in [0.4, 0.5) is 5.69 Å². The number of nitrogens with zero attached hydrogens (tertiary/aromatic N) is 1. The second kappa shape index (κ2) is 4.33. The molecule has 0 aliphatic carbocycles. The topological polar surface area (TPSA) is 20.3 Å². The summed E-state index contributed by atoms with van der Waals surface area (Å²) in [4.78, 5) is 15.5. The Balaban J connectivity index is 1.84. The first-order valence-corrected chi connectivity index (χ1v) is 7.51. The molecule has 0 saturated heterocycles. The minimum atomic E-state index is 0.0707. The van der Waals surface area contributed by atoms with Gasteiger partial charge in [0.05, 0.1) is 16.6 Å². The smallest absolute Gasteiger partial charge is 0.259 e. The molecular formula is C16H10ClNOS. The highest BCUT2D eigenvalue weighted by Crippen LogP contribution is 2.38. The zero-order valence-electron chi connectivity index (χ0n) is 10.5. The van der Waals surface area contributed by atoms with Gasteiger partial charge in [0.25, 0.3) is 5.91 Å². The molecule has 2 heterocycles. The van der Waals surface area contributed by atoms with Crippen LogP contribution in [0.5, 0.6) is 0 Å². The van der Waals surface area contributed by atoms with Crippen molar-refractivity contribution in [2.45, 2.75) is 6.54 Å². The van der Waals surface area contributed by atoms with Crippen LogP contribution in [0.1, 0.15) is 15.2 Å². The van der Waals surface area contributed by atoms with Crippen molar-refractivity contribution in [2.24, 2.45) is 0 Å². The number of thiophene rings is 1. The van der Waals surface area contributed by atoms with Crippen molar-refractivity contribution in [3.8, 4) is 0 Å². The largest absolute Gasteiger partial charge is 0.302 e. The van der Waals surface area contributed by atoms with E-state index in [9.17, 15) is 4.79 Å². The van der Waals surface area contributed by atoms with Crippen molar-refractivity contribution in [1.82, 2.24) is 0 Å². The summed E-state index contributed by atoms with van der Waals surface area (Å²) in [5.74, 6) is 0.0707. The molecule has 20 heavy (non-hydrogen) atoms. The standard InChI is InChI=1S/C16H10ClNOS/c17-14-8-7-11(20-14)9-18-13-6-2-4-10-3-1-5-12(15(10)13)16(18)19/h1-8H,9H2. The highest BCUT2D eigenvalue weighted by atomic mass is 35.5. The van der Waals surface area contributed by atoms with Crippen molar-refractivity contribution in [3.63, 3.8) is 0 Å². The van der Waals surface area contributed by atoms with Crippen LogP contribution in [-0.4, -0.2) is 5.91 Å². The van der Waals surface area contributed by atoms with Crippen molar-refractivity contribution in [1.29, 1.82) is 0 Å². The van der Waals surface area contributed by atoms with Crippen molar-refractivity contribution < 1.29 is 4.79 Å². The highest BCUT2D eigenvalue weighted by molar-refractivity contribution is 7.16. The number of carbonyl (C=O) groups excluding carboxylic acids is 1. The minimum absolute atomic E-state index is 0.0707. The van der Waals surface area contributed by atoms with E-state index in [4.69, 9.17) is 11.6 Å². The van der Waals surface area contributed by atoms with E-state index in [0.29, 0.717) is 6.54 Å². The lowest BCUT2D eigenvalue weighted by Crippen LogP contribution is -2.25. The molecule has 0 bridgehead atoms. The number of hydrogen-bond acceptors (Lipinski definition) is 2. The average molecular weight is 300 g/mol. The number of anilines is 1. The van der Waals surface area contributed by atoms with E-state index >= 15 is 0 Å². The monoisotopic (exact) mass is 299 g/mol. The second-order valence-electron chi connectivity index (χ2n) is 4.78. The SMILES string of the molecule is O=C1c2cccc3cccc(c23)N1Cc1ccc(Cl)s1. The van der Waals surface area contributed by atoms with E-state index in [-0.39, 0.29) is 5.91 Å². The summed E-state index contributed by atoms with van der Waals surface area (Å²) >= 11 is 7.48. The first kappa shape index (κ1) is 11.9. The van der Waals surface area contributed by atoms with E-state index in [1.807, 2.05) is 53.4 Å². The Morgan fingerprint density at radius 3 is 2.60 bits per heavy atom. The van der Waals surface area contributed by atoms with Gasteiger partial charge >= 0.3 is 0 Å². The molecule has 1 aliphatic rings. The molecule has 3 aromatic rings. The summed E-state index contributed by atoms with van der Waals surface area (Å²) < 4.78 is 0.752. The van der Waals surface area contributed by atoms with E-state index in [2.05, 4.69) is 0 Å². The van der Waals surface area contributed by atoms with Gasteiger partial charge in [0.1, 0.15) is 0 Å². The van der Waals surface area contributed by atoms with Gasteiger partial charge in [-0.25, -0.2) is 0 Å². The molecule has 0 saturated carbocycles. The Labute approximate surface area is 125 Å². The fourth-order valence-corrected chi connectivity index (χ4v) is 3.81. The predicted octanol–water partition coefficient (Wildman–Crippen LogP) is 4.72. The normalized spacial score (nSPS) is 13.4. The molecule has 2 nitrogen and oxygen atoms in total. The molecule has 0 fully saturated rings. The van der Waals surface area contributed by atoms with E-state index in [0.717, 1.165) is 31.2 Å². The number of rotatable bonds is 2. The van der Waals surface area contributed by atoms with Crippen LogP contribution in [0.2, 0.25) is 4.34 Å². The lowest BCUT2D eigenvalue weighted by atomic mass is 10.1. The highest BCUT2D eigenvalue weighted by Gasteiger charge is 2.29. The third-order valence-corrected chi connectivity index (χ3v) is 4.81. The van der Waals surface area contributed by atoms with E-state index < -0.39 is 0 Å². The molecule has 0 unspecified atom stereocenters. The van der Waals surface area contributed by atoms with Crippen LogP contribution in [-0.2, 0) is 6.54 Å². The van der Waals surface area contributed by atoms with Crippen LogP contribution >= 0.6 is 22.9 Å². The van der Waals surface area contributed by atoms with Gasteiger partial charge in [0.2, 0.25) is 0 Å². The van der Waals surface area contributed by atoms with Gasteiger partial charge in [-0.15, -0.1) is 11.3 Å². The second-order valence-corrected chi connectivity index (χ2v) is 6.58. The summed E-state index contributed by atoms with van der Waals surface area (Å²) in [6, 6.07) is 15.8. The number of hydrogen-bond donors (Lipinski definition) is 0. The van der Waals surface area contributed by atoms with Gasteiger partial charge in [0, 0.05) is 15.8 Å². The molecule has 98 valence electrons. The van der Waals surface area contributed by atoms with Gasteiger partial charge < -0.3 is 4.90 Å². The van der Waals surface area contributed by atoms with E-state index in [1.54, 1.807) is 0 Å².